The molecule has 0 aliphatic rings. The Morgan fingerprint density at radius 1 is 1.75 bits per heavy atom. The van der Waals surface area contributed by atoms with Crippen molar-refractivity contribution in [3.63, 3.8) is 0 Å². The third-order valence-corrected chi connectivity index (χ3v) is 1.60. The van der Waals surface area contributed by atoms with Crippen molar-refractivity contribution in [1.82, 2.24) is 0 Å². The molecule has 1 aromatic heterocycles. The van der Waals surface area contributed by atoms with E-state index in [1.54, 1.807) is 25.1 Å². The molecule has 0 aliphatic heterocycles. The van der Waals surface area contributed by atoms with Gasteiger partial charge >= 0.3 is 0 Å². The average Bonchev–Trinajstić information content (AvgIpc) is 2.58. The van der Waals surface area contributed by atoms with Crippen LogP contribution in [-0.4, -0.2) is 11.4 Å². The number of hydrogen-bond donors (Lipinski definition) is 1. The molecule has 0 bridgehead atoms. The minimum Gasteiger partial charge on any atom is -0.466 e. The first-order chi connectivity index (χ1) is 5.79. The van der Waals surface area contributed by atoms with E-state index in [0.29, 0.717) is 17.6 Å². The molecule has 3 heteroatoms. The summed E-state index contributed by atoms with van der Waals surface area (Å²) in [6.45, 7) is 1.69. The zero-order valence-electron chi connectivity index (χ0n) is 6.73. The fourth-order valence-corrected chi connectivity index (χ4v) is 0.901. The van der Waals surface area contributed by atoms with Crippen LogP contribution in [0.3, 0.4) is 0 Å². The molecule has 1 aromatic rings. The molecule has 0 saturated heterocycles. The van der Waals surface area contributed by atoms with Gasteiger partial charge in [-0.05, 0) is 19.1 Å². The van der Waals surface area contributed by atoms with Gasteiger partial charge in [0.25, 0.3) is 0 Å². The van der Waals surface area contributed by atoms with Crippen molar-refractivity contribution in [3.05, 3.63) is 35.8 Å². The lowest BCUT2D eigenvalue weighted by atomic mass is 10.1. The highest BCUT2D eigenvalue weighted by Crippen LogP contribution is 2.19. The molecule has 3 nitrogen and oxygen atoms in total. The number of carbonyl (C=O) groups is 1. The molecule has 0 fully saturated rings. The standard InChI is InChI=1S/C9H10O3/c1-2-7(6-10)9(11)8-4-3-5-12-8/h2-6,9,11H,1H3. The molecule has 0 aliphatic carbocycles. The summed E-state index contributed by atoms with van der Waals surface area (Å²) in [5.74, 6) is 0.384. The van der Waals surface area contributed by atoms with Crippen LogP contribution in [0, 0.1) is 0 Å². The van der Waals surface area contributed by atoms with E-state index >= 15 is 0 Å². The summed E-state index contributed by atoms with van der Waals surface area (Å²) in [5.41, 5.74) is 0.310. The van der Waals surface area contributed by atoms with E-state index in [9.17, 15) is 9.90 Å². The van der Waals surface area contributed by atoms with Gasteiger partial charge in [-0.1, -0.05) is 6.08 Å². The van der Waals surface area contributed by atoms with Gasteiger partial charge in [0, 0.05) is 5.57 Å². The maximum Gasteiger partial charge on any atom is 0.148 e. The van der Waals surface area contributed by atoms with Crippen molar-refractivity contribution >= 4 is 6.29 Å². The summed E-state index contributed by atoms with van der Waals surface area (Å²) >= 11 is 0. The minimum absolute atomic E-state index is 0.310. The summed E-state index contributed by atoms with van der Waals surface area (Å²) in [7, 11) is 0. The molecule has 1 heterocycles. The van der Waals surface area contributed by atoms with E-state index in [-0.39, 0.29) is 0 Å². The van der Waals surface area contributed by atoms with Gasteiger partial charge in [0.05, 0.1) is 6.26 Å². The van der Waals surface area contributed by atoms with Crippen LogP contribution in [0.25, 0.3) is 0 Å². The highest BCUT2D eigenvalue weighted by Gasteiger charge is 2.13. The summed E-state index contributed by atoms with van der Waals surface area (Å²) in [4.78, 5) is 10.4. The normalized spacial score (nSPS) is 14.3. The van der Waals surface area contributed by atoms with E-state index in [4.69, 9.17) is 4.42 Å². The molecule has 0 amide bonds. The van der Waals surface area contributed by atoms with E-state index in [0.717, 1.165) is 0 Å². The largest absolute Gasteiger partial charge is 0.466 e. The molecule has 1 N–H and O–H groups in total. The fraction of sp³-hybridized carbons (Fsp3) is 0.222. The number of hydrogen-bond acceptors (Lipinski definition) is 3. The smallest absolute Gasteiger partial charge is 0.148 e. The van der Waals surface area contributed by atoms with Crippen LogP contribution in [0.5, 0.6) is 0 Å². The molecular weight excluding hydrogens is 156 g/mol. The Hall–Kier alpha value is -1.35. The van der Waals surface area contributed by atoms with E-state index in [1.807, 2.05) is 0 Å². The molecule has 0 radical (unpaired) electrons. The third kappa shape index (κ3) is 1.62. The number of allylic oxidation sites excluding steroid dienone is 1. The second-order valence-corrected chi connectivity index (χ2v) is 2.32. The Kier molecular flexibility index (Phi) is 2.82. The van der Waals surface area contributed by atoms with Crippen LogP contribution < -0.4 is 0 Å². The fourth-order valence-electron chi connectivity index (χ4n) is 0.901. The monoisotopic (exact) mass is 166 g/mol. The number of rotatable bonds is 3. The van der Waals surface area contributed by atoms with Gasteiger partial charge in [-0.25, -0.2) is 0 Å². The first-order valence-electron chi connectivity index (χ1n) is 3.62. The van der Waals surface area contributed by atoms with Crippen LogP contribution in [0.15, 0.2) is 34.5 Å². The summed E-state index contributed by atoms with van der Waals surface area (Å²) in [6, 6.07) is 3.29. The van der Waals surface area contributed by atoms with Crippen molar-refractivity contribution in [3.8, 4) is 0 Å². The van der Waals surface area contributed by atoms with Crippen LogP contribution in [-0.2, 0) is 4.79 Å². The molecule has 1 atom stereocenters. The van der Waals surface area contributed by atoms with Gasteiger partial charge < -0.3 is 9.52 Å². The Morgan fingerprint density at radius 3 is 2.92 bits per heavy atom. The molecular formula is C9H10O3. The SMILES string of the molecule is CC=C(C=O)C(O)c1ccco1. The van der Waals surface area contributed by atoms with Crippen molar-refractivity contribution in [2.75, 3.05) is 0 Å². The molecule has 64 valence electrons. The van der Waals surface area contributed by atoms with Crippen molar-refractivity contribution < 1.29 is 14.3 Å². The average molecular weight is 166 g/mol. The first kappa shape index (κ1) is 8.74. The zero-order chi connectivity index (χ0) is 8.97. The van der Waals surface area contributed by atoms with Gasteiger partial charge in [0.1, 0.15) is 18.2 Å². The van der Waals surface area contributed by atoms with Gasteiger partial charge in [0.15, 0.2) is 0 Å². The number of carbonyl (C=O) groups excluding carboxylic acids is 1. The molecule has 12 heavy (non-hydrogen) atoms. The highest BCUT2D eigenvalue weighted by atomic mass is 16.4. The topological polar surface area (TPSA) is 50.4 Å². The molecule has 0 spiro atoms. The predicted octanol–water partition coefficient (Wildman–Crippen LogP) is 1.46. The first-order valence-corrected chi connectivity index (χ1v) is 3.62. The van der Waals surface area contributed by atoms with Gasteiger partial charge in [-0.3, -0.25) is 4.79 Å². The molecule has 1 unspecified atom stereocenters. The lowest BCUT2D eigenvalue weighted by molar-refractivity contribution is -0.105. The zero-order valence-corrected chi connectivity index (χ0v) is 6.73. The van der Waals surface area contributed by atoms with Crippen molar-refractivity contribution in [1.29, 1.82) is 0 Å². The van der Waals surface area contributed by atoms with Crippen LogP contribution >= 0.6 is 0 Å². The van der Waals surface area contributed by atoms with Crippen LogP contribution in [0.4, 0.5) is 0 Å². The van der Waals surface area contributed by atoms with Crippen molar-refractivity contribution in [2.24, 2.45) is 0 Å². The maximum atomic E-state index is 10.4. The second-order valence-electron chi connectivity index (χ2n) is 2.32. The van der Waals surface area contributed by atoms with Gasteiger partial charge in [-0.15, -0.1) is 0 Å². The highest BCUT2D eigenvalue weighted by molar-refractivity contribution is 5.74. The lowest BCUT2D eigenvalue weighted by Crippen LogP contribution is -2.00. The van der Waals surface area contributed by atoms with Gasteiger partial charge in [0.2, 0.25) is 0 Å². The number of aliphatic hydroxyl groups excluding tert-OH is 1. The number of furan rings is 1. The van der Waals surface area contributed by atoms with Crippen LogP contribution in [0.2, 0.25) is 0 Å². The van der Waals surface area contributed by atoms with Crippen LogP contribution in [0.1, 0.15) is 18.8 Å². The Balaban J connectivity index is 2.84. The Bertz CT molecular complexity index is 272. The lowest BCUT2D eigenvalue weighted by Gasteiger charge is -2.05. The van der Waals surface area contributed by atoms with E-state index in [1.165, 1.54) is 6.26 Å². The third-order valence-electron chi connectivity index (χ3n) is 1.60. The quantitative estimate of drug-likeness (QED) is 0.546. The maximum absolute atomic E-state index is 10.4. The Morgan fingerprint density at radius 2 is 2.50 bits per heavy atom. The van der Waals surface area contributed by atoms with Crippen molar-refractivity contribution in [2.45, 2.75) is 13.0 Å². The number of aldehydes is 1. The summed E-state index contributed by atoms with van der Waals surface area (Å²) in [6.07, 6.45) is 2.69. The second kappa shape index (κ2) is 3.88. The number of aliphatic hydroxyl groups is 1. The van der Waals surface area contributed by atoms with E-state index in [2.05, 4.69) is 0 Å². The molecule has 1 rings (SSSR count). The Labute approximate surface area is 70.3 Å². The minimum atomic E-state index is -0.942. The predicted molar refractivity (Wildman–Crippen MR) is 43.5 cm³/mol. The molecule has 0 saturated carbocycles. The molecule has 0 aromatic carbocycles. The summed E-state index contributed by atoms with van der Waals surface area (Å²) < 4.78 is 4.93. The van der Waals surface area contributed by atoms with Gasteiger partial charge in [-0.2, -0.15) is 0 Å². The van der Waals surface area contributed by atoms with E-state index < -0.39 is 6.10 Å². The summed E-state index contributed by atoms with van der Waals surface area (Å²) in [5, 5.41) is 9.48.